The highest BCUT2D eigenvalue weighted by molar-refractivity contribution is 5.84. The molecule has 3 unspecified atom stereocenters. The second-order valence-corrected chi connectivity index (χ2v) is 12.7. The maximum absolute atomic E-state index is 14.9. The molecule has 1 N–H and O–H groups in total. The van der Waals surface area contributed by atoms with Gasteiger partial charge in [-0.2, -0.15) is 13.2 Å². The molecule has 2 aromatic carbocycles. The first-order valence-electron chi connectivity index (χ1n) is 14.0. The van der Waals surface area contributed by atoms with E-state index in [1.807, 2.05) is 4.90 Å². The van der Waals surface area contributed by atoms with Gasteiger partial charge in [0.1, 0.15) is 5.82 Å². The molecular weight excluding hydrogens is 513 g/mol. The number of fused-ring (bicyclic) bond motifs is 5. The maximum Gasteiger partial charge on any atom is 0.426 e. The Morgan fingerprint density at radius 1 is 1.00 bits per heavy atom. The molecule has 1 saturated heterocycles. The third-order valence-electron chi connectivity index (χ3n) is 10.4. The van der Waals surface area contributed by atoms with Gasteiger partial charge in [-0.05, 0) is 106 Å². The lowest BCUT2D eigenvalue weighted by molar-refractivity contribution is -0.228. The number of carbonyl (C=O) groups is 1. The first-order chi connectivity index (χ1) is 18.3. The Bertz CT molecular complexity index is 1280. The summed E-state index contributed by atoms with van der Waals surface area (Å²) in [6.07, 6.45) is 1.29. The molecule has 1 aliphatic heterocycles. The summed E-state index contributed by atoms with van der Waals surface area (Å²) < 4.78 is 69.2. The number of halogens is 5. The zero-order valence-corrected chi connectivity index (χ0v) is 22.1. The van der Waals surface area contributed by atoms with Crippen molar-refractivity contribution in [3.05, 3.63) is 70.5 Å². The Morgan fingerprint density at radius 2 is 1.67 bits per heavy atom. The Morgan fingerprint density at radius 3 is 2.31 bits per heavy atom. The van der Waals surface area contributed by atoms with Crippen molar-refractivity contribution in [3.63, 3.8) is 0 Å². The Labute approximate surface area is 225 Å². The largest absolute Gasteiger partial charge is 0.426 e. The maximum atomic E-state index is 14.9. The highest BCUT2D eigenvalue weighted by Crippen LogP contribution is 2.56. The van der Waals surface area contributed by atoms with Crippen LogP contribution in [0, 0.1) is 11.2 Å². The van der Waals surface area contributed by atoms with Crippen LogP contribution >= 0.6 is 0 Å². The predicted molar refractivity (Wildman–Crippen MR) is 136 cm³/mol. The zero-order chi connectivity index (χ0) is 27.8. The van der Waals surface area contributed by atoms with Crippen LogP contribution in [0.15, 0.2) is 42.5 Å². The number of nitrogens with zero attached hydrogens (tertiary/aromatic N) is 1. The van der Waals surface area contributed by atoms with Crippen molar-refractivity contribution in [1.82, 2.24) is 4.90 Å². The van der Waals surface area contributed by atoms with E-state index in [1.165, 1.54) is 24.3 Å². The number of hydrogen-bond donors (Lipinski definition) is 1. The monoisotopic (exact) mass is 547 g/mol. The molecule has 2 aromatic rings. The van der Waals surface area contributed by atoms with Crippen LogP contribution < -0.4 is 0 Å². The number of alkyl halides is 4. The van der Waals surface area contributed by atoms with E-state index in [9.17, 15) is 31.9 Å². The summed E-state index contributed by atoms with van der Waals surface area (Å²) in [5.74, 6) is -0.326. The minimum Gasteiger partial charge on any atom is -0.390 e. The highest BCUT2D eigenvalue weighted by atomic mass is 19.4. The van der Waals surface area contributed by atoms with Crippen LogP contribution in [0.5, 0.6) is 0 Å². The summed E-state index contributed by atoms with van der Waals surface area (Å²) in [6.45, 7) is 1.05. The fourth-order valence-electron chi connectivity index (χ4n) is 8.32. The van der Waals surface area contributed by atoms with Crippen molar-refractivity contribution in [3.8, 4) is 0 Å². The lowest BCUT2D eigenvalue weighted by Gasteiger charge is -2.50. The average molecular weight is 548 g/mol. The number of aliphatic hydroxyl groups is 1. The van der Waals surface area contributed by atoms with Crippen LogP contribution in [-0.2, 0) is 28.7 Å². The van der Waals surface area contributed by atoms with E-state index in [0.717, 1.165) is 36.8 Å². The second kappa shape index (κ2) is 8.76. The molecule has 6 rings (SSSR count). The normalized spacial score (nSPS) is 33.4. The number of benzene rings is 2. The average Bonchev–Trinajstić information content (AvgIpc) is 3.37. The van der Waals surface area contributed by atoms with Gasteiger partial charge in [-0.3, -0.25) is 4.79 Å². The van der Waals surface area contributed by atoms with E-state index in [4.69, 9.17) is 0 Å². The summed E-state index contributed by atoms with van der Waals surface area (Å²) >= 11 is 0. The van der Waals surface area contributed by atoms with Crippen LogP contribution in [0.3, 0.4) is 0 Å². The van der Waals surface area contributed by atoms with E-state index in [1.54, 1.807) is 18.2 Å². The van der Waals surface area contributed by atoms with Crippen molar-refractivity contribution in [2.75, 3.05) is 6.54 Å². The standard InChI is InChI=1S/C31H34F5NO2/c1-27(33,31(34,35)36)22-6-9-24-21(16-22)17-25-30(24,18-20-4-7-23(32)8-5-20)14-15-37(25)26(38)28-10-2-12-29(39,19-28)13-3-11-28/h4-9,16,25,39H,2-3,10-15,17-19H2,1H3. The minimum atomic E-state index is -5.05. The van der Waals surface area contributed by atoms with Gasteiger partial charge in [0.25, 0.3) is 0 Å². The Hall–Kier alpha value is -2.48. The van der Waals surface area contributed by atoms with Crippen LogP contribution in [0.2, 0.25) is 0 Å². The van der Waals surface area contributed by atoms with Crippen LogP contribution in [-0.4, -0.2) is 40.3 Å². The summed E-state index contributed by atoms with van der Waals surface area (Å²) in [4.78, 5) is 16.2. The number of amides is 1. The lowest BCUT2D eigenvalue weighted by Crippen LogP contribution is -2.55. The van der Waals surface area contributed by atoms with Crippen molar-refractivity contribution < 1.29 is 31.9 Å². The number of hydrogen-bond acceptors (Lipinski definition) is 2. The summed E-state index contributed by atoms with van der Waals surface area (Å²) in [6, 6.07) is 10.1. The molecule has 0 spiro atoms. The topological polar surface area (TPSA) is 40.5 Å². The van der Waals surface area contributed by atoms with Gasteiger partial charge in [-0.1, -0.05) is 30.3 Å². The van der Waals surface area contributed by atoms with Gasteiger partial charge >= 0.3 is 6.18 Å². The van der Waals surface area contributed by atoms with E-state index in [-0.39, 0.29) is 17.8 Å². The van der Waals surface area contributed by atoms with Gasteiger partial charge in [-0.15, -0.1) is 0 Å². The van der Waals surface area contributed by atoms with Gasteiger partial charge in [0, 0.05) is 18.0 Å². The molecule has 3 fully saturated rings. The molecule has 3 nitrogen and oxygen atoms in total. The molecule has 3 atom stereocenters. The molecule has 1 heterocycles. The van der Waals surface area contributed by atoms with E-state index >= 15 is 0 Å². The number of rotatable bonds is 4. The first-order valence-corrected chi connectivity index (χ1v) is 14.0. The SMILES string of the molecule is CC(F)(c1ccc2c(c1)CC1N(C(=O)C34CCCC(O)(CCC3)C4)CCC21Cc1ccc(F)cc1)C(F)(F)F. The molecule has 210 valence electrons. The first kappa shape index (κ1) is 26.7. The number of likely N-dealkylation sites (tertiary alicyclic amines) is 1. The molecule has 2 saturated carbocycles. The van der Waals surface area contributed by atoms with Crippen molar-refractivity contribution in [2.24, 2.45) is 5.41 Å². The van der Waals surface area contributed by atoms with Crippen molar-refractivity contribution in [2.45, 2.75) is 100 Å². The van der Waals surface area contributed by atoms with Gasteiger partial charge in [0.05, 0.1) is 11.0 Å². The second-order valence-electron chi connectivity index (χ2n) is 12.7. The molecule has 8 heteroatoms. The van der Waals surface area contributed by atoms with E-state index < -0.39 is 33.8 Å². The van der Waals surface area contributed by atoms with Crippen LogP contribution in [0.25, 0.3) is 0 Å². The fourth-order valence-corrected chi connectivity index (χ4v) is 8.32. The van der Waals surface area contributed by atoms with Gasteiger partial charge < -0.3 is 10.0 Å². The summed E-state index contributed by atoms with van der Waals surface area (Å²) in [5, 5.41) is 11.1. The Balaban J connectivity index is 1.40. The van der Waals surface area contributed by atoms with Crippen LogP contribution in [0.4, 0.5) is 22.0 Å². The third-order valence-corrected chi connectivity index (χ3v) is 10.4. The fraction of sp³-hybridized carbons (Fsp3) is 0.581. The van der Waals surface area contributed by atoms with Gasteiger partial charge in [-0.25, -0.2) is 8.78 Å². The molecule has 2 bridgehead atoms. The zero-order valence-electron chi connectivity index (χ0n) is 22.1. The molecule has 39 heavy (non-hydrogen) atoms. The molecule has 1 amide bonds. The van der Waals surface area contributed by atoms with Gasteiger partial charge in [0.2, 0.25) is 11.6 Å². The smallest absolute Gasteiger partial charge is 0.390 e. The van der Waals surface area contributed by atoms with Crippen molar-refractivity contribution >= 4 is 5.91 Å². The quantitative estimate of drug-likeness (QED) is 0.434. The molecule has 4 aliphatic rings. The molecule has 0 radical (unpaired) electrons. The van der Waals surface area contributed by atoms with Crippen LogP contribution in [0.1, 0.15) is 80.5 Å². The summed E-state index contributed by atoms with van der Waals surface area (Å²) in [5.41, 5.74) is -3.58. The third kappa shape index (κ3) is 4.11. The predicted octanol–water partition coefficient (Wildman–Crippen LogP) is 6.69. The summed E-state index contributed by atoms with van der Waals surface area (Å²) in [7, 11) is 0. The molecular formula is C31H34F5NO2. The van der Waals surface area contributed by atoms with E-state index in [2.05, 4.69) is 0 Å². The Kier molecular flexibility index (Phi) is 6.00. The highest BCUT2D eigenvalue weighted by Gasteiger charge is 2.60. The minimum absolute atomic E-state index is 0.0324. The molecule has 0 aromatic heterocycles. The van der Waals surface area contributed by atoms with Crippen molar-refractivity contribution in [1.29, 1.82) is 0 Å². The molecule has 3 aliphatic carbocycles. The van der Waals surface area contributed by atoms with E-state index in [0.29, 0.717) is 57.6 Å². The number of carbonyl (C=O) groups excluding carboxylic acids is 1. The van der Waals surface area contributed by atoms with Gasteiger partial charge in [0.15, 0.2) is 0 Å². The lowest BCUT2D eigenvalue weighted by atomic mass is 9.59.